The molecule has 1 heterocycles. The normalized spacial score (nSPS) is 10.8. The lowest BCUT2D eigenvalue weighted by Gasteiger charge is -2.13. The summed E-state index contributed by atoms with van der Waals surface area (Å²) >= 11 is 0. The number of hydrogen-bond acceptors (Lipinski definition) is 4. The van der Waals surface area contributed by atoms with Gasteiger partial charge in [0.2, 0.25) is 0 Å². The molecule has 0 amide bonds. The Kier molecular flexibility index (Phi) is 6.58. The van der Waals surface area contributed by atoms with Crippen LogP contribution in [0.15, 0.2) is 18.5 Å². The van der Waals surface area contributed by atoms with E-state index in [2.05, 4.69) is 24.1 Å². The summed E-state index contributed by atoms with van der Waals surface area (Å²) in [7, 11) is 1.70. The first kappa shape index (κ1) is 13.9. The lowest BCUT2D eigenvalue weighted by molar-refractivity contribution is 0.171. The lowest BCUT2D eigenvalue weighted by Crippen LogP contribution is -2.22. The first-order chi connectivity index (χ1) is 8.24. The minimum atomic E-state index is 0.463. The van der Waals surface area contributed by atoms with E-state index in [4.69, 9.17) is 9.47 Å². The molecule has 96 valence electrons. The van der Waals surface area contributed by atoms with Gasteiger partial charge in [-0.15, -0.1) is 0 Å². The molecule has 0 aliphatic rings. The second-order valence-corrected chi connectivity index (χ2v) is 4.21. The molecule has 1 N–H and O–H groups in total. The van der Waals surface area contributed by atoms with E-state index < -0.39 is 0 Å². The SMILES string of the molecule is COCCCOc1cnccc1CNC(C)C. The predicted molar refractivity (Wildman–Crippen MR) is 68.2 cm³/mol. The molecule has 0 aromatic carbocycles. The van der Waals surface area contributed by atoms with Crippen molar-refractivity contribution in [3.8, 4) is 5.75 Å². The van der Waals surface area contributed by atoms with Crippen molar-refractivity contribution in [2.24, 2.45) is 0 Å². The van der Waals surface area contributed by atoms with Gasteiger partial charge in [0.15, 0.2) is 0 Å². The standard InChI is InChI=1S/C13H22N2O2/c1-11(2)15-9-12-5-6-14-10-13(12)17-8-4-7-16-3/h5-6,10-11,15H,4,7-9H2,1-3H3. The largest absolute Gasteiger partial charge is 0.492 e. The van der Waals surface area contributed by atoms with Crippen molar-refractivity contribution in [1.82, 2.24) is 10.3 Å². The van der Waals surface area contributed by atoms with Crippen LogP contribution >= 0.6 is 0 Å². The Labute approximate surface area is 103 Å². The molecule has 0 bridgehead atoms. The maximum atomic E-state index is 5.69. The van der Waals surface area contributed by atoms with E-state index in [0.717, 1.165) is 30.9 Å². The van der Waals surface area contributed by atoms with Crippen LogP contribution in [0.25, 0.3) is 0 Å². The third kappa shape index (κ3) is 5.65. The molecule has 4 nitrogen and oxygen atoms in total. The number of aromatic nitrogens is 1. The highest BCUT2D eigenvalue weighted by molar-refractivity contribution is 5.29. The van der Waals surface area contributed by atoms with Crippen molar-refractivity contribution in [3.63, 3.8) is 0 Å². The van der Waals surface area contributed by atoms with E-state index in [-0.39, 0.29) is 0 Å². The Bertz CT molecular complexity index is 316. The van der Waals surface area contributed by atoms with E-state index in [1.54, 1.807) is 19.5 Å². The summed E-state index contributed by atoms with van der Waals surface area (Å²) in [4.78, 5) is 4.09. The summed E-state index contributed by atoms with van der Waals surface area (Å²) in [6, 6.07) is 2.45. The minimum absolute atomic E-state index is 0.463. The molecule has 17 heavy (non-hydrogen) atoms. The minimum Gasteiger partial charge on any atom is -0.492 e. The van der Waals surface area contributed by atoms with Gasteiger partial charge < -0.3 is 14.8 Å². The van der Waals surface area contributed by atoms with Gasteiger partial charge in [-0.2, -0.15) is 0 Å². The number of nitrogens with one attached hydrogen (secondary N) is 1. The van der Waals surface area contributed by atoms with Crippen LogP contribution in [0.3, 0.4) is 0 Å². The Morgan fingerprint density at radius 1 is 1.35 bits per heavy atom. The summed E-state index contributed by atoms with van der Waals surface area (Å²) in [6.45, 7) is 6.44. The van der Waals surface area contributed by atoms with Crippen molar-refractivity contribution >= 4 is 0 Å². The molecule has 1 rings (SSSR count). The van der Waals surface area contributed by atoms with Gasteiger partial charge in [-0.25, -0.2) is 0 Å². The van der Waals surface area contributed by atoms with Crippen molar-refractivity contribution in [1.29, 1.82) is 0 Å². The van der Waals surface area contributed by atoms with Gasteiger partial charge >= 0.3 is 0 Å². The molecule has 0 spiro atoms. The van der Waals surface area contributed by atoms with E-state index in [1.165, 1.54) is 0 Å². The molecule has 0 fully saturated rings. The number of hydrogen-bond donors (Lipinski definition) is 1. The maximum absolute atomic E-state index is 5.69. The van der Waals surface area contributed by atoms with Gasteiger partial charge in [0.05, 0.1) is 12.8 Å². The molecule has 4 heteroatoms. The maximum Gasteiger partial charge on any atom is 0.142 e. The zero-order chi connectivity index (χ0) is 12.5. The van der Waals surface area contributed by atoms with Crippen molar-refractivity contribution in [2.45, 2.75) is 32.9 Å². The summed E-state index contributed by atoms with van der Waals surface area (Å²) < 4.78 is 10.7. The average molecular weight is 238 g/mol. The second-order valence-electron chi connectivity index (χ2n) is 4.21. The number of methoxy groups -OCH3 is 1. The topological polar surface area (TPSA) is 43.4 Å². The lowest BCUT2D eigenvalue weighted by atomic mass is 10.2. The number of rotatable bonds is 8. The Balaban J connectivity index is 2.46. The van der Waals surface area contributed by atoms with Gasteiger partial charge in [-0.1, -0.05) is 13.8 Å². The number of ether oxygens (including phenoxy) is 2. The fraction of sp³-hybridized carbons (Fsp3) is 0.615. The number of pyridine rings is 1. The zero-order valence-electron chi connectivity index (χ0n) is 10.9. The van der Waals surface area contributed by atoms with Gasteiger partial charge in [0.1, 0.15) is 5.75 Å². The molecule has 0 aliphatic carbocycles. The molecule has 0 unspecified atom stereocenters. The van der Waals surface area contributed by atoms with Crippen molar-refractivity contribution in [2.75, 3.05) is 20.3 Å². The van der Waals surface area contributed by atoms with Crippen LogP contribution < -0.4 is 10.1 Å². The molecular weight excluding hydrogens is 216 g/mol. The Morgan fingerprint density at radius 2 is 2.18 bits per heavy atom. The highest BCUT2D eigenvalue weighted by Crippen LogP contribution is 2.16. The van der Waals surface area contributed by atoms with E-state index in [0.29, 0.717) is 12.6 Å². The first-order valence-corrected chi connectivity index (χ1v) is 6.02. The fourth-order valence-corrected chi connectivity index (χ4v) is 1.38. The Hall–Kier alpha value is -1.13. The summed E-state index contributed by atoms with van der Waals surface area (Å²) in [5, 5.41) is 3.37. The van der Waals surface area contributed by atoms with Crippen LogP contribution in [0.1, 0.15) is 25.8 Å². The molecule has 1 aromatic heterocycles. The molecular formula is C13H22N2O2. The average Bonchev–Trinajstić information content (AvgIpc) is 2.33. The summed E-state index contributed by atoms with van der Waals surface area (Å²) in [6.07, 6.45) is 4.45. The molecule has 0 saturated carbocycles. The van der Waals surface area contributed by atoms with Gasteiger partial charge in [-0.05, 0) is 6.07 Å². The highest BCUT2D eigenvalue weighted by atomic mass is 16.5. The van der Waals surface area contributed by atoms with E-state index >= 15 is 0 Å². The van der Waals surface area contributed by atoms with Crippen molar-refractivity contribution < 1.29 is 9.47 Å². The van der Waals surface area contributed by atoms with Gasteiger partial charge in [0.25, 0.3) is 0 Å². The quantitative estimate of drug-likeness (QED) is 0.703. The summed E-state index contributed by atoms with van der Waals surface area (Å²) in [5.41, 5.74) is 1.14. The molecule has 0 aliphatic heterocycles. The Morgan fingerprint density at radius 3 is 2.88 bits per heavy atom. The van der Waals surface area contributed by atoms with E-state index in [1.807, 2.05) is 6.07 Å². The smallest absolute Gasteiger partial charge is 0.142 e. The second kappa shape index (κ2) is 8.03. The molecule has 0 saturated heterocycles. The van der Waals surface area contributed by atoms with E-state index in [9.17, 15) is 0 Å². The van der Waals surface area contributed by atoms with Crippen LogP contribution in [0, 0.1) is 0 Å². The molecule has 0 radical (unpaired) electrons. The van der Waals surface area contributed by atoms with Crippen molar-refractivity contribution in [3.05, 3.63) is 24.0 Å². The number of nitrogens with zero attached hydrogens (tertiary/aromatic N) is 1. The zero-order valence-corrected chi connectivity index (χ0v) is 10.9. The predicted octanol–water partition coefficient (Wildman–Crippen LogP) is 1.99. The van der Waals surface area contributed by atoms with Gasteiger partial charge in [0, 0.05) is 44.5 Å². The third-order valence-corrected chi connectivity index (χ3v) is 2.32. The van der Waals surface area contributed by atoms with Crippen LogP contribution in [0.2, 0.25) is 0 Å². The van der Waals surface area contributed by atoms with Crippen LogP contribution in [-0.4, -0.2) is 31.3 Å². The highest BCUT2D eigenvalue weighted by Gasteiger charge is 2.04. The molecule has 1 aromatic rings. The van der Waals surface area contributed by atoms with Gasteiger partial charge in [-0.3, -0.25) is 4.98 Å². The third-order valence-electron chi connectivity index (χ3n) is 2.32. The first-order valence-electron chi connectivity index (χ1n) is 6.02. The van der Waals surface area contributed by atoms with Crippen LogP contribution in [0.4, 0.5) is 0 Å². The van der Waals surface area contributed by atoms with Crippen LogP contribution in [-0.2, 0) is 11.3 Å². The summed E-state index contributed by atoms with van der Waals surface area (Å²) in [5.74, 6) is 0.858. The monoisotopic (exact) mass is 238 g/mol. The fourth-order valence-electron chi connectivity index (χ4n) is 1.38. The van der Waals surface area contributed by atoms with Crippen LogP contribution in [0.5, 0.6) is 5.75 Å². The molecule has 0 atom stereocenters.